The number of thioether (sulfide) groups is 1. The first-order valence-corrected chi connectivity index (χ1v) is 6.62. The topological polar surface area (TPSA) is 40.5 Å². The second kappa shape index (κ2) is 5.42. The van der Waals surface area contributed by atoms with E-state index in [1.54, 1.807) is 12.1 Å². The van der Waals surface area contributed by atoms with E-state index in [4.69, 9.17) is 5.11 Å². The second-order valence-electron chi connectivity index (χ2n) is 4.29. The van der Waals surface area contributed by atoms with Gasteiger partial charge in [-0.25, -0.2) is 4.79 Å². The third kappa shape index (κ3) is 3.87. The van der Waals surface area contributed by atoms with Gasteiger partial charge in [-0.3, -0.25) is 4.90 Å². The lowest BCUT2D eigenvalue weighted by molar-refractivity contribution is -0.0328. The summed E-state index contributed by atoms with van der Waals surface area (Å²) in [5, 5.41) is 8.87. The molecule has 0 spiro atoms. The smallest absolute Gasteiger partial charge is 0.441 e. The van der Waals surface area contributed by atoms with Gasteiger partial charge >= 0.3 is 11.5 Å². The van der Waals surface area contributed by atoms with Gasteiger partial charge in [0.25, 0.3) is 0 Å². The first-order valence-electron chi connectivity index (χ1n) is 5.63. The molecule has 3 nitrogen and oxygen atoms in total. The zero-order valence-electron chi connectivity index (χ0n) is 9.91. The van der Waals surface area contributed by atoms with Crippen molar-refractivity contribution >= 4 is 17.7 Å². The van der Waals surface area contributed by atoms with E-state index in [9.17, 15) is 18.0 Å². The molecule has 1 aliphatic rings. The fraction of sp³-hybridized carbons (Fsp3) is 0.417. The average Bonchev–Trinajstić information content (AvgIpc) is 2.68. The first-order chi connectivity index (χ1) is 8.85. The van der Waals surface area contributed by atoms with Gasteiger partial charge in [0.05, 0.1) is 5.56 Å². The maximum absolute atomic E-state index is 12.0. The molecule has 0 saturated heterocycles. The molecule has 0 fully saturated rings. The van der Waals surface area contributed by atoms with Crippen molar-refractivity contribution in [2.24, 2.45) is 0 Å². The van der Waals surface area contributed by atoms with Crippen molar-refractivity contribution in [3.63, 3.8) is 0 Å². The summed E-state index contributed by atoms with van der Waals surface area (Å²) in [5.41, 5.74) is -2.10. The van der Waals surface area contributed by atoms with Gasteiger partial charge in [0.2, 0.25) is 0 Å². The molecule has 1 N–H and O–H groups in total. The van der Waals surface area contributed by atoms with Crippen molar-refractivity contribution in [1.29, 1.82) is 0 Å². The largest absolute Gasteiger partial charge is 0.478 e. The van der Waals surface area contributed by atoms with Crippen LogP contribution in [0.2, 0.25) is 0 Å². The summed E-state index contributed by atoms with van der Waals surface area (Å²) in [7, 11) is 0. The molecule has 1 aromatic rings. The van der Waals surface area contributed by atoms with Gasteiger partial charge in [-0.15, -0.1) is 0 Å². The summed E-state index contributed by atoms with van der Waals surface area (Å²) in [6.45, 7) is 1.42. The minimum absolute atomic E-state index is 0.0106. The van der Waals surface area contributed by atoms with Crippen molar-refractivity contribution < 1.29 is 23.1 Å². The Hall–Kier alpha value is -1.21. The molecule has 0 radical (unpaired) electrons. The number of nitrogens with zero attached hydrogens (tertiary/aromatic N) is 1. The van der Waals surface area contributed by atoms with Crippen molar-refractivity contribution in [2.75, 3.05) is 12.3 Å². The Morgan fingerprint density at radius 3 is 2.63 bits per heavy atom. The van der Waals surface area contributed by atoms with E-state index < -0.39 is 11.5 Å². The van der Waals surface area contributed by atoms with Gasteiger partial charge in [-0.2, -0.15) is 13.2 Å². The molecule has 104 valence electrons. The second-order valence-corrected chi connectivity index (χ2v) is 5.45. The Labute approximate surface area is 112 Å². The van der Waals surface area contributed by atoms with Crippen LogP contribution in [0.3, 0.4) is 0 Å². The molecule has 0 atom stereocenters. The highest BCUT2D eigenvalue weighted by molar-refractivity contribution is 8.00. The van der Waals surface area contributed by atoms with E-state index >= 15 is 0 Å². The van der Waals surface area contributed by atoms with Gasteiger partial charge in [0, 0.05) is 25.4 Å². The molecule has 0 amide bonds. The number of carboxylic acid groups (broad SMARTS) is 1. The summed E-state index contributed by atoms with van der Waals surface area (Å²) in [4.78, 5) is 12.7. The zero-order chi connectivity index (χ0) is 14.0. The van der Waals surface area contributed by atoms with Gasteiger partial charge in [0.15, 0.2) is 0 Å². The van der Waals surface area contributed by atoms with Crippen molar-refractivity contribution in [3.05, 3.63) is 34.9 Å². The number of hydrogen-bond acceptors (Lipinski definition) is 3. The highest BCUT2D eigenvalue weighted by atomic mass is 32.2. The number of carboxylic acids is 1. The van der Waals surface area contributed by atoms with Crippen LogP contribution in [0, 0.1) is 0 Å². The Morgan fingerprint density at radius 1 is 1.32 bits per heavy atom. The van der Waals surface area contributed by atoms with E-state index in [-0.39, 0.29) is 23.1 Å². The van der Waals surface area contributed by atoms with Crippen LogP contribution in [0.5, 0.6) is 0 Å². The molecule has 2 rings (SSSR count). The monoisotopic (exact) mass is 291 g/mol. The molecule has 0 unspecified atom stereocenters. The average molecular weight is 291 g/mol. The molecule has 19 heavy (non-hydrogen) atoms. The molecule has 0 saturated carbocycles. The number of halogens is 3. The van der Waals surface area contributed by atoms with E-state index in [1.165, 1.54) is 6.07 Å². The maximum atomic E-state index is 12.0. The quantitative estimate of drug-likeness (QED) is 0.926. The molecule has 0 aliphatic carbocycles. The minimum atomic E-state index is -4.19. The summed E-state index contributed by atoms with van der Waals surface area (Å²) >= 11 is -0.0286. The number of hydrogen-bond donors (Lipinski definition) is 1. The van der Waals surface area contributed by atoms with Gasteiger partial charge in [-0.1, -0.05) is 6.07 Å². The lowest BCUT2D eigenvalue weighted by atomic mass is 10.1. The fourth-order valence-electron chi connectivity index (χ4n) is 2.05. The highest BCUT2D eigenvalue weighted by Gasteiger charge is 2.28. The van der Waals surface area contributed by atoms with Crippen LogP contribution in [0.4, 0.5) is 13.2 Å². The number of benzene rings is 1. The third-order valence-corrected chi connectivity index (χ3v) is 3.63. The minimum Gasteiger partial charge on any atom is -0.478 e. The molecular formula is C12H12F3NO2S. The van der Waals surface area contributed by atoms with Crippen LogP contribution < -0.4 is 0 Å². The predicted octanol–water partition coefficient (Wildman–Crippen LogP) is 2.95. The van der Waals surface area contributed by atoms with E-state index in [2.05, 4.69) is 0 Å². The Kier molecular flexibility index (Phi) is 4.05. The van der Waals surface area contributed by atoms with E-state index in [1.807, 2.05) is 4.90 Å². The van der Waals surface area contributed by atoms with Crippen LogP contribution in [0.25, 0.3) is 0 Å². The van der Waals surface area contributed by atoms with E-state index in [0.717, 1.165) is 11.1 Å². The van der Waals surface area contributed by atoms with Crippen LogP contribution in [0.1, 0.15) is 21.5 Å². The molecule has 1 heterocycles. The molecule has 1 aromatic carbocycles. The van der Waals surface area contributed by atoms with Gasteiger partial charge in [0.1, 0.15) is 0 Å². The lowest BCUT2D eigenvalue weighted by Gasteiger charge is -2.14. The lowest BCUT2D eigenvalue weighted by Crippen LogP contribution is -2.20. The fourth-order valence-corrected chi connectivity index (χ4v) is 2.63. The summed E-state index contributed by atoms with van der Waals surface area (Å²) < 4.78 is 36.0. The Balaban J connectivity index is 1.91. The molecule has 0 aromatic heterocycles. The number of carbonyl (C=O) groups is 1. The summed E-state index contributed by atoms with van der Waals surface area (Å²) in [6.07, 6.45) is 0. The van der Waals surface area contributed by atoms with Gasteiger partial charge < -0.3 is 5.11 Å². The number of fused-ring (bicyclic) bond motifs is 1. The van der Waals surface area contributed by atoms with Crippen LogP contribution >= 0.6 is 11.8 Å². The standard InChI is InChI=1S/C12H12F3NO2S/c13-12(14,15)19-4-3-16-6-9-2-1-8(11(17)18)5-10(9)7-16/h1-2,5H,3-4,6-7H2,(H,17,18). The zero-order valence-corrected chi connectivity index (χ0v) is 10.7. The van der Waals surface area contributed by atoms with E-state index in [0.29, 0.717) is 19.6 Å². The van der Waals surface area contributed by atoms with Crippen LogP contribution in [-0.4, -0.2) is 33.8 Å². The molecule has 0 bridgehead atoms. The first kappa shape index (κ1) is 14.2. The Bertz CT molecular complexity index is 490. The van der Waals surface area contributed by atoms with Crippen molar-refractivity contribution in [3.8, 4) is 0 Å². The van der Waals surface area contributed by atoms with Crippen molar-refractivity contribution in [1.82, 2.24) is 4.90 Å². The number of aromatic carboxylic acids is 1. The maximum Gasteiger partial charge on any atom is 0.441 e. The number of alkyl halides is 3. The van der Waals surface area contributed by atoms with Crippen LogP contribution in [0.15, 0.2) is 18.2 Å². The molecule has 1 aliphatic heterocycles. The predicted molar refractivity (Wildman–Crippen MR) is 66.0 cm³/mol. The van der Waals surface area contributed by atoms with Crippen LogP contribution in [-0.2, 0) is 13.1 Å². The van der Waals surface area contributed by atoms with Crippen molar-refractivity contribution in [2.45, 2.75) is 18.6 Å². The summed E-state index contributed by atoms with van der Waals surface area (Å²) in [5.74, 6) is -1.00. The van der Waals surface area contributed by atoms with Gasteiger partial charge in [-0.05, 0) is 35.0 Å². The molecular weight excluding hydrogens is 279 g/mol. The SMILES string of the molecule is O=C(O)c1ccc2c(c1)CN(CCSC(F)(F)F)C2. The molecule has 7 heteroatoms. The summed E-state index contributed by atoms with van der Waals surface area (Å²) in [6, 6.07) is 4.85. The Morgan fingerprint density at radius 2 is 2.00 bits per heavy atom. The highest BCUT2D eigenvalue weighted by Crippen LogP contribution is 2.31. The number of rotatable bonds is 4. The third-order valence-electron chi connectivity index (χ3n) is 2.91. The normalized spacial score (nSPS) is 15.5.